The van der Waals surface area contributed by atoms with Crippen LogP contribution in [0.15, 0.2) is 70.6 Å². The van der Waals surface area contributed by atoms with Crippen molar-refractivity contribution in [3.63, 3.8) is 0 Å². The summed E-state index contributed by atoms with van der Waals surface area (Å²) in [7, 11) is -2.13. The average Bonchev–Trinajstić information content (AvgIpc) is 2.69. The minimum absolute atomic E-state index is 0.0400. The summed E-state index contributed by atoms with van der Waals surface area (Å²) in [4.78, 5) is 16.7. The van der Waals surface area contributed by atoms with Crippen LogP contribution in [0.4, 0.5) is 0 Å². The third kappa shape index (κ3) is 4.78. The minimum atomic E-state index is -3.71. The second kappa shape index (κ2) is 8.55. The Labute approximate surface area is 167 Å². The molecule has 0 unspecified atom stereocenters. The number of ether oxygens (including phenoxy) is 1. The van der Waals surface area contributed by atoms with E-state index in [1.165, 1.54) is 29.1 Å². The predicted octanol–water partition coefficient (Wildman–Crippen LogP) is 2.55. The van der Waals surface area contributed by atoms with E-state index in [1.54, 1.807) is 31.4 Å². The van der Waals surface area contributed by atoms with E-state index in [0.29, 0.717) is 16.5 Å². The Morgan fingerprint density at radius 3 is 2.54 bits per heavy atom. The monoisotopic (exact) mass is 419 g/mol. The van der Waals surface area contributed by atoms with Gasteiger partial charge < -0.3 is 4.74 Å². The number of aromatic nitrogens is 2. The van der Waals surface area contributed by atoms with Crippen molar-refractivity contribution in [3.8, 4) is 17.0 Å². The van der Waals surface area contributed by atoms with Crippen molar-refractivity contribution in [1.29, 1.82) is 0 Å². The molecule has 0 saturated heterocycles. The van der Waals surface area contributed by atoms with E-state index in [-0.39, 0.29) is 23.5 Å². The van der Waals surface area contributed by atoms with E-state index < -0.39 is 10.0 Å². The van der Waals surface area contributed by atoms with Crippen LogP contribution in [0.1, 0.15) is 0 Å². The molecule has 146 valence electrons. The molecule has 0 amide bonds. The van der Waals surface area contributed by atoms with Crippen molar-refractivity contribution in [2.75, 3.05) is 13.7 Å². The smallest absolute Gasteiger partial charge is 0.253 e. The van der Waals surface area contributed by atoms with Gasteiger partial charge in [0.05, 0.1) is 24.0 Å². The molecule has 0 spiro atoms. The average molecular weight is 420 g/mol. The van der Waals surface area contributed by atoms with E-state index in [2.05, 4.69) is 9.71 Å². The summed E-state index contributed by atoms with van der Waals surface area (Å²) in [5, 5.41) is 0.331. The largest absolute Gasteiger partial charge is 0.497 e. The Balaban J connectivity index is 1.67. The van der Waals surface area contributed by atoms with Crippen molar-refractivity contribution in [2.24, 2.45) is 0 Å². The van der Waals surface area contributed by atoms with Crippen molar-refractivity contribution in [2.45, 2.75) is 11.4 Å². The minimum Gasteiger partial charge on any atom is -0.497 e. The normalized spacial score (nSPS) is 11.4. The van der Waals surface area contributed by atoms with Crippen LogP contribution < -0.4 is 15.0 Å². The molecule has 0 bridgehead atoms. The van der Waals surface area contributed by atoms with Crippen molar-refractivity contribution < 1.29 is 13.2 Å². The van der Waals surface area contributed by atoms with Gasteiger partial charge in [0.25, 0.3) is 5.56 Å². The van der Waals surface area contributed by atoms with Crippen LogP contribution in [0.2, 0.25) is 5.02 Å². The molecule has 28 heavy (non-hydrogen) atoms. The van der Waals surface area contributed by atoms with E-state index in [9.17, 15) is 13.2 Å². The molecule has 0 saturated carbocycles. The van der Waals surface area contributed by atoms with Crippen molar-refractivity contribution >= 4 is 21.6 Å². The number of sulfonamides is 1. The second-order valence-electron chi connectivity index (χ2n) is 5.89. The highest BCUT2D eigenvalue weighted by molar-refractivity contribution is 7.89. The van der Waals surface area contributed by atoms with Gasteiger partial charge in [-0.25, -0.2) is 18.1 Å². The molecule has 0 radical (unpaired) electrons. The Kier molecular flexibility index (Phi) is 6.13. The highest BCUT2D eigenvalue weighted by atomic mass is 35.5. The zero-order valence-corrected chi connectivity index (χ0v) is 16.6. The molecule has 9 heteroatoms. The SMILES string of the molecule is COc1ccc(-c2cc(=O)n(CCNS(=O)(=O)c3cccc(Cl)c3)cn2)cc1. The van der Waals surface area contributed by atoms with Crippen molar-refractivity contribution in [1.82, 2.24) is 14.3 Å². The van der Waals surface area contributed by atoms with E-state index in [0.717, 1.165) is 5.56 Å². The molecule has 7 nitrogen and oxygen atoms in total. The molecule has 3 aromatic rings. The lowest BCUT2D eigenvalue weighted by Crippen LogP contribution is -2.30. The zero-order valence-electron chi connectivity index (χ0n) is 15.0. The maximum absolute atomic E-state index is 12.3. The van der Waals surface area contributed by atoms with Gasteiger partial charge in [-0.3, -0.25) is 9.36 Å². The van der Waals surface area contributed by atoms with Gasteiger partial charge in [0.1, 0.15) is 5.75 Å². The van der Waals surface area contributed by atoms with Gasteiger partial charge in [-0.05, 0) is 42.5 Å². The van der Waals surface area contributed by atoms with E-state index in [1.807, 2.05) is 12.1 Å². The number of methoxy groups -OCH3 is 1. The summed E-state index contributed by atoms with van der Waals surface area (Å²) in [5.74, 6) is 0.712. The third-order valence-corrected chi connectivity index (χ3v) is 5.71. The van der Waals surface area contributed by atoms with Crippen LogP contribution >= 0.6 is 11.6 Å². The standard InChI is InChI=1S/C19H18ClN3O4S/c1-27-16-7-5-14(6-8-16)18-12-19(24)23(13-21-18)10-9-22-28(25,26)17-4-2-3-15(20)11-17/h2-8,11-13,22H,9-10H2,1H3. The van der Waals surface area contributed by atoms with Crippen LogP contribution in [-0.2, 0) is 16.6 Å². The fraction of sp³-hybridized carbons (Fsp3) is 0.158. The molecule has 3 rings (SSSR count). The summed E-state index contributed by atoms with van der Waals surface area (Å²) in [5.41, 5.74) is 1.04. The van der Waals surface area contributed by atoms with Gasteiger partial charge >= 0.3 is 0 Å². The van der Waals surface area contributed by atoms with Gasteiger partial charge in [-0.2, -0.15) is 0 Å². The predicted molar refractivity (Wildman–Crippen MR) is 107 cm³/mol. The quantitative estimate of drug-likeness (QED) is 0.635. The van der Waals surface area contributed by atoms with Crippen LogP contribution in [0.3, 0.4) is 0 Å². The maximum atomic E-state index is 12.3. The molecular formula is C19H18ClN3O4S. The van der Waals surface area contributed by atoms with Gasteiger partial charge in [0.2, 0.25) is 10.0 Å². The number of nitrogens with zero attached hydrogens (tertiary/aromatic N) is 2. The van der Waals surface area contributed by atoms with Crippen LogP contribution in [0, 0.1) is 0 Å². The highest BCUT2D eigenvalue weighted by Gasteiger charge is 2.13. The van der Waals surface area contributed by atoms with E-state index >= 15 is 0 Å². The molecule has 0 fully saturated rings. The Morgan fingerprint density at radius 1 is 1.14 bits per heavy atom. The molecule has 1 aromatic heterocycles. The Hall–Kier alpha value is -2.68. The number of halogens is 1. The maximum Gasteiger partial charge on any atom is 0.253 e. The van der Waals surface area contributed by atoms with Gasteiger partial charge in [0, 0.05) is 29.7 Å². The van der Waals surface area contributed by atoms with Crippen molar-refractivity contribution in [3.05, 3.63) is 76.3 Å². The van der Waals surface area contributed by atoms with Crippen LogP contribution in [0.25, 0.3) is 11.3 Å². The van der Waals surface area contributed by atoms with Gasteiger partial charge in [-0.15, -0.1) is 0 Å². The molecule has 0 aliphatic rings. The molecule has 1 heterocycles. The fourth-order valence-electron chi connectivity index (χ4n) is 2.53. The summed E-state index contributed by atoms with van der Waals surface area (Å²) < 4.78 is 33.4. The molecule has 1 N–H and O–H groups in total. The number of nitrogens with one attached hydrogen (secondary N) is 1. The number of hydrogen-bond acceptors (Lipinski definition) is 5. The van der Waals surface area contributed by atoms with Gasteiger partial charge in [-0.1, -0.05) is 17.7 Å². The molecule has 0 aliphatic carbocycles. The zero-order chi connectivity index (χ0) is 20.1. The first-order valence-corrected chi connectivity index (χ1v) is 10.2. The molecule has 0 aliphatic heterocycles. The van der Waals surface area contributed by atoms with Crippen LogP contribution in [0.5, 0.6) is 5.75 Å². The Bertz CT molecular complexity index is 1130. The topological polar surface area (TPSA) is 90.3 Å². The second-order valence-corrected chi connectivity index (χ2v) is 8.09. The van der Waals surface area contributed by atoms with E-state index in [4.69, 9.17) is 16.3 Å². The van der Waals surface area contributed by atoms with Gasteiger partial charge in [0.15, 0.2) is 0 Å². The lowest BCUT2D eigenvalue weighted by molar-refractivity contribution is 0.415. The van der Waals surface area contributed by atoms with Crippen LogP contribution in [-0.4, -0.2) is 31.6 Å². The first-order chi connectivity index (χ1) is 13.4. The summed E-state index contributed by atoms with van der Waals surface area (Å²) in [6.07, 6.45) is 1.40. The molecule has 0 atom stereocenters. The first-order valence-electron chi connectivity index (χ1n) is 8.35. The lowest BCUT2D eigenvalue weighted by atomic mass is 10.1. The molecule has 2 aromatic carbocycles. The Morgan fingerprint density at radius 2 is 1.89 bits per heavy atom. The fourth-order valence-corrected chi connectivity index (χ4v) is 3.85. The first kappa shape index (κ1) is 20.1. The summed E-state index contributed by atoms with van der Waals surface area (Å²) >= 11 is 5.83. The lowest BCUT2D eigenvalue weighted by Gasteiger charge is -2.09. The number of rotatable bonds is 7. The summed E-state index contributed by atoms with van der Waals surface area (Å²) in [6.45, 7) is 0.187. The molecular weight excluding hydrogens is 402 g/mol. The number of benzene rings is 2. The number of hydrogen-bond donors (Lipinski definition) is 1. The highest BCUT2D eigenvalue weighted by Crippen LogP contribution is 2.19. The summed E-state index contributed by atoms with van der Waals surface area (Å²) in [6, 6.07) is 14.6. The third-order valence-electron chi connectivity index (χ3n) is 4.02.